The molecule has 0 saturated heterocycles. The average molecular weight is 309 g/mol. The fourth-order valence-electron chi connectivity index (χ4n) is 1.96. The zero-order valence-electron chi connectivity index (χ0n) is 11.6. The van der Waals surface area contributed by atoms with Gasteiger partial charge < -0.3 is 10.1 Å². The van der Waals surface area contributed by atoms with Crippen LogP contribution in [-0.4, -0.2) is 19.1 Å². The van der Waals surface area contributed by atoms with Crippen LogP contribution in [-0.2, 0) is 6.42 Å². The first-order chi connectivity index (χ1) is 10.6. The number of para-hydroxylation sites is 1. The lowest BCUT2D eigenvalue weighted by atomic mass is 10.1. The summed E-state index contributed by atoms with van der Waals surface area (Å²) in [6, 6.07) is 12.0. The average Bonchev–Trinajstić information content (AvgIpc) is 2.49. The zero-order chi connectivity index (χ0) is 15.9. The second kappa shape index (κ2) is 7.49. The van der Waals surface area contributed by atoms with Crippen LogP contribution in [0.3, 0.4) is 0 Å². The highest BCUT2D eigenvalue weighted by atomic mass is 19.3. The van der Waals surface area contributed by atoms with Crippen molar-refractivity contribution in [2.75, 3.05) is 6.54 Å². The second-order valence-corrected chi connectivity index (χ2v) is 4.47. The lowest BCUT2D eigenvalue weighted by Gasteiger charge is -2.11. The van der Waals surface area contributed by atoms with E-state index in [1.54, 1.807) is 24.3 Å². The van der Waals surface area contributed by atoms with Gasteiger partial charge in [0.15, 0.2) is 0 Å². The predicted octanol–water partition coefficient (Wildman–Crippen LogP) is 3.40. The zero-order valence-corrected chi connectivity index (χ0v) is 11.6. The van der Waals surface area contributed by atoms with E-state index in [0.717, 1.165) is 0 Å². The van der Waals surface area contributed by atoms with Gasteiger partial charge in [-0.15, -0.1) is 0 Å². The maximum Gasteiger partial charge on any atom is 0.387 e. The summed E-state index contributed by atoms with van der Waals surface area (Å²) in [5.41, 5.74) is 0.483. The first kappa shape index (κ1) is 15.9. The number of benzene rings is 2. The maximum atomic E-state index is 13.4. The first-order valence-electron chi connectivity index (χ1n) is 6.63. The Bertz CT molecular complexity index is 647. The van der Waals surface area contributed by atoms with Gasteiger partial charge in [-0.25, -0.2) is 4.39 Å². The number of amides is 1. The lowest BCUT2D eigenvalue weighted by Crippen LogP contribution is -2.26. The molecular formula is C16H14F3NO2. The van der Waals surface area contributed by atoms with Crippen molar-refractivity contribution < 1.29 is 22.7 Å². The SMILES string of the molecule is O=C(NCCc1ccccc1F)c1ccccc1OC(F)F. The Hall–Kier alpha value is -2.50. The van der Waals surface area contributed by atoms with Gasteiger partial charge in [-0.3, -0.25) is 4.79 Å². The summed E-state index contributed by atoms with van der Waals surface area (Å²) in [6.45, 7) is -2.82. The molecule has 6 heteroatoms. The molecule has 22 heavy (non-hydrogen) atoms. The lowest BCUT2D eigenvalue weighted by molar-refractivity contribution is -0.0501. The number of alkyl halides is 2. The van der Waals surface area contributed by atoms with Crippen molar-refractivity contribution in [1.82, 2.24) is 5.32 Å². The van der Waals surface area contributed by atoms with E-state index >= 15 is 0 Å². The largest absolute Gasteiger partial charge is 0.434 e. The minimum Gasteiger partial charge on any atom is -0.434 e. The van der Waals surface area contributed by atoms with E-state index in [1.165, 1.54) is 24.3 Å². The summed E-state index contributed by atoms with van der Waals surface area (Å²) < 4.78 is 42.3. The second-order valence-electron chi connectivity index (χ2n) is 4.47. The van der Waals surface area contributed by atoms with Crippen molar-refractivity contribution in [3.63, 3.8) is 0 Å². The molecule has 0 atom stereocenters. The Morgan fingerprint density at radius 1 is 1.09 bits per heavy atom. The Labute approximate surface area is 125 Å². The van der Waals surface area contributed by atoms with Crippen LogP contribution in [0.5, 0.6) is 5.75 Å². The van der Waals surface area contributed by atoms with Crippen molar-refractivity contribution in [3.05, 3.63) is 65.5 Å². The quantitative estimate of drug-likeness (QED) is 0.888. The maximum absolute atomic E-state index is 13.4. The molecule has 0 aliphatic heterocycles. The van der Waals surface area contributed by atoms with Crippen LogP contribution >= 0.6 is 0 Å². The minimum atomic E-state index is -3.01. The Balaban J connectivity index is 1.97. The van der Waals surface area contributed by atoms with Crippen molar-refractivity contribution in [1.29, 1.82) is 0 Å². The molecule has 1 N–H and O–H groups in total. The molecule has 2 rings (SSSR count). The van der Waals surface area contributed by atoms with Crippen molar-refractivity contribution in [2.45, 2.75) is 13.0 Å². The summed E-state index contributed by atoms with van der Waals surface area (Å²) in [4.78, 5) is 12.0. The third-order valence-electron chi connectivity index (χ3n) is 2.99. The van der Waals surface area contributed by atoms with Crippen LogP contribution in [0, 0.1) is 5.82 Å². The molecule has 116 valence electrons. The molecule has 0 aliphatic carbocycles. The highest BCUT2D eigenvalue weighted by Crippen LogP contribution is 2.20. The molecule has 2 aromatic carbocycles. The number of carbonyl (C=O) groups is 1. The van der Waals surface area contributed by atoms with E-state index in [9.17, 15) is 18.0 Å². The molecule has 3 nitrogen and oxygen atoms in total. The van der Waals surface area contributed by atoms with Crippen molar-refractivity contribution in [3.8, 4) is 5.75 Å². The Morgan fingerprint density at radius 2 is 1.77 bits per heavy atom. The fourth-order valence-corrected chi connectivity index (χ4v) is 1.96. The molecular weight excluding hydrogens is 295 g/mol. The number of carbonyl (C=O) groups excluding carboxylic acids is 1. The topological polar surface area (TPSA) is 38.3 Å². The third-order valence-corrected chi connectivity index (χ3v) is 2.99. The summed E-state index contributed by atoms with van der Waals surface area (Å²) in [7, 11) is 0. The first-order valence-corrected chi connectivity index (χ1v) is 6.63. The Kier molecular flexibility index (Phi) is 5.41. The summed E-state index contributed by atoms with van der Waals surface area (Å²) in [5.74, 6) is -1.09. The number of rotatable bonds is 6. The van der Waals surface area contributed by atoms with Crippen LogP contribution < -0.4 is 10.1 Å². The highest BCUT2D eigenvalue weighted by molar-refractivity contribution is 5.96. The molecule has 0 fully saturated rings. The smallest absolute Gasteiger partial charge is 0.387 e. The summed E-state index contributed by atoms with van der Waals surface area (Å²) in [6.07, 6.45) is 0.302. The van der Waals surface area contributed by atoms with Gasteiger partial charge >= 0.3 is 6.61 Å². The summed E-state index contributed by atoms with van der Waals surface area (Å²) >= 11 is 0. The van der Waals surface area contributed by atoms with Gasteiger partial charge in [0.05, 0.1) is 5.56 Å². The van der Waals surface area contributed by atoms with Gasteiger partial charge in [0.2, 0.25) is 0 Å². The normalized spacial score (nSPS) is 10.5. The minimum absolute atomic E-state index is 0.0105. The predicted molar refractivity (Wildman–Crippen MR) is 75.5 cm³/mol. The number of hydrogen-bond donors (Lipinski definition) is 1. The van der Waals surface area contributed by atoms with Crippen LogP contribution in [0.25, 0.3) is 0 Å². The molecule has 0 radical (unpaired) electrons. The highest BCUT2D eigenvalue weighted by Gasteiger charge is 2.14. The van der Waals surface area contributed by atoms with Crippen LogP contribution in [0.2, 0.25) is 0 Å². The van der Waals surface area contributed by atoms with E-state index in [2.05, 4.69) is 10.1 Å². The molecule has 0 aliphatic rings. The van der Waals surface area contributed by atoms with Crippen molar-refractivity contribution in [2.24, 2.45) is 0 Å². The van der Waals surface area contributed by atoms with E-state index in [-0.39, 0.29) is 23.7 Å². The van der Waals surface area contributed by atoms with Crippen LogP contribution in [0.1, 0.15) is 15.9 Å². The fraction of sp³-hybridized carbons (Fsp3) is 0.188. The van der Waals surface area contributed by atoms with Gasteiger partial charge in [0, 0.05) is 6.54 Å². The number of hydrogen-bond acceptors (Lipinski definition) is 2. The molecule has 1 amide bonds. The molecule has 0 heterocycles. The monoisotopic (exact) mass is 309 g/mol. The number of ether oxygens (including phenoxy) is 1. The van der Waals surface area contributed by atoms with E-state index < -0.39 is 12.5 Å². The molecule has 0 bridgehead atoms. The van der Waals surface area contributed by atoms with Gasteiger partial charge in [-0.1, -0.05) is 30.3 Å². The van der Waals surface area contributed by atoms with Gasteiger partial charge in [0.1, 0.15) is 11.6 Å². The number of nitrogens with one attached hydrogen (secondary N) is 1. The van der Waals surface area contributed by atoms with E-state index in [1.807, 2.05) is 0 Å². The van der Waals surface area contributed by atoms with Gasteiger partial charge in [-0.05, 0) is 30.2 Å². The molecule has 0 spiro atoms. The van der Waals surface area contributed by atoms with E-state index in [4.69, 9.17) is 0 Å². The van der Waals surface area contributed by atoms with E-state index in [0.29, 0.717) is 12.0 Å². The molecule has 2 aromatic rings. The molecule has 0 unspecified atom stereocenters. The standard InChI is InChI=1S/C16H14F3NO2/c17-13-7-3-1-5-11(13)9-10-20-15(21)12-6-2-4-8-14(12)22-16(18)19/h1-8,16H,9-10H2,(H,20,21). The summed E-state index contributed by atoms with van der Waals surface area (Å²) in [5, 5.41) is 2.56. The number of halogens is 3. The van der Waals surface area contributed by atoms with Crippen LogP contribution in [0.15, 0.2) is 48.5 Å². The third kappa shape index (κ3) is 4.25. The van der Waals surface area contributed by atoms with Gasteiger partial charge in [0.25, 0.3) is 5.91 Å². The molecule has 0 saturated carbocycles. The van der Waals surface area contributed by atoms with Gasteiger partial charge in [-0.2, -0.15) is 8.78 Å². The van der Waals surface area contributed by atoms with Crippen LogP contribution in [0.4, 0.5) is 13.2 Å². The Morgan fingerprint density at radius 3 is 2.50 bits per heavy atom. The van der Waals surface area contributed by atoms with Crippen molar-refractivity contribution >= 4 is 5.91 Å². The molecule has 0 aromatic heterocycles.